The smallest absolute Gasteiger partial charge is 0.0471 e. The molecule has 1 aliphatic carbocycles. The van der Waals surface area contributed by atoms with Gasteiger partial charge in [0.05, 0.1) is 0 Å². The highest BCUT2D eigenvalue weighted by Gasteiger charge is 2.16. The Morgan fingerprint density at radius 2 is 2.21 bits per heavy atom. The van der Waals surface area contributed by atoms with Crippen molar-refractivity contribution in [2.45, 2.75) is 31.8 Å². The van der Waals surface area contributed by atoms with E-state index in [9.17, 15) is 0 Å². The third-order valence-electron chi connectivity index (χ3n) is 2.76. The standard InChI is InChI=1S/C11H15ClN2/c12-11-6-9(13)5-4-8(11)7-14-10-2-1-3-10/h4-6,10,14H,1-3,7,13H2. The molecule has 0 atom stereocenters. The quantitative estimate of drug-likeness (QED) is 0.753. The molecule has 0 radical (unpaired) electrons. The summed E-state index contributed by atoms with van der Waals surface area (Å²) in [5.74, 6) is 0. The fourth-order valence-electron chi connectivity index (χ4n) is 1.57. The van der Waals surface area contributed by atoms with Crippen molar-refractivity contribution in [2.75, 3.05) is 5.73 Å². The number of anilines is 1. The zero-order valence-electron chi connectivity index (χ0n) is 8.09. The molecule has 0 saturated heterocycles. The maximum absolute atomic E-state index is 6.05. The van der Waals surface area contributed by atoms with Gasteiger partial charge in [0.15, 0.2) is 0 Å². The van der Waals surface area contributed by atoms with Gasteiger partial charge in [0.2, 0.25) is 0 Å². The number of nitrogens with two attached hydrogens (primary N) is 1. The molecule has 0 bridgehead atoms. The van der Waals surface area contributed by atoms with Crippen LogP contribution in [-0.2, 0) is 6.54 Å². The van der Waals surface area contributed by atoms with Gasteiger partial charge < -0.3 is 11.1 Å². The molecule has 14 heavy (non-hydrogen) atoms. The summed E-state index contributed by atoms with van der Waals surface area (Å²) in [6, 6.07) is 6.38. The van der Waals surface area contributed by atoms with Crippen LogP contribution in [0.3, 0.4) is 0 Å². The van der Waals surface area contributed by atoms with Crippen molar-refractivity contribution in [1.82, 2.24) is 5.32 Å². The Hall–Kier alpha value is -0.730. The van der Waals surface area contributed by atoms with Crippen LogP contribution in [0.25, 0.3) is 0 Å². The zero-order valence-corrected chi connectivity index (χ0v) is 8.85. The van der Waals surface area contributed by atoms with Crippen LogP contribution in [0.1, 0.15) is 24.8 Å². The van der Waals surface area contributed by atoms with Crippen LogP contribution < -0.4 is 11.1 Å². The largest absolute Gasteiger partial charge is 0.399 e. The van der Waals surface area contributed by atoms with E-state index in [1.54, 1.807) is 6.07 Å². The SMILES string of the molecule is Nc1ccc(CNC2CCC2)c(Cl)c1. The number of hydrogen-bond acceptors (Lipinski definition) is 2. The molecule has 0 amide bonds. The number of benzene rings is 1. The van der Waals surface area contributed by atoms with Crippen molar-refractivity contribution in [2.24, 2.45) is 0 Å². The van der Waals surface area contributed by atoms with E-state index in [1.165, 1.54) is 19.3 Å². The van der Waals surface area contributed by atoms with Crippen LogP contribution in [0, 0.1) is 0 Å². The van der Waals surface area contributed by atoms with Gasteiger partial charge in [-0.15, -0.1) is 0 Å². The van der Waals surface area contributed by atoms with Crippen molar-refractivity contribution in [3.63, 3.8) is 0 Å². The Morgan fingerprint density at radius 3 is 2.79 bits per heavy atom. The minimum Gasteiger partial charge on any atom is -0.399 e. The van der Waals surface area contributed by atoms with E-state index in [2.05, 4.69) is 5.32 Å². The van der Waals surface area contributed by atoms with Crippen molar-refractivity contribution < 1.29 is 0 Å². The maximum Gasteiger partial charge on any atom is 0.0471 e. The number of halogens is 1. The first-order valence-electron chi connectivity index (χ1n) is 5.03. The second-order valence-corrected chi connectivity index (χ2v) is 4.27. The fraction of sp³-hybridized carbons (Fsp3) is 0.455. The summed E-state index contributed by atoms with van der Waals surface area (Å²) in [6.07, 6.45) is 3.95. The van der Waals surface area contributed by atoms with Crippen LogP contribution in [-0.4, -0.2) is 6.04 Å². The van der Waals surface area contributed by atoms with E-state index in [-0.39, 0.29) is 0 Å². The van der Waals surface area contributed by atoms with Gasteiger partial charge in [0.25, 0.3) is 0 Å². The van der Waals surface area contributed by atoms with Gasteiger partial charge in [-0.25, -0.2) is 0 Å². The Morgan fingerprint density at radius 1 is 1.43 bits per heavy atom. The van der Waals surface area contributed by atoms with Crippen molar-refractivity contribution in [3.05, 3.63) is 28.8 Å². The van der Waals surface area contributed by atoms with E-state index >= 15 is 0 Å². The number of nitrogens with one attached hydrogen (secondary N) is 1. The molecule has 1 fully saturated rings. The van der Waals surface area contributed by atoms with Crippen LogP contribution in [0.4, 0.5) is 5.69 Å². The number of nitrogen functional groups attached to an aromatic ring is 1. The lowest BCUT2D eigenvalue weighted by molar-refractivity contribution is 0.338. The molecule has 0 spiro atoms. The molecule has 1 aromatic carbocycles. The molecule has 76 valence electrons. The van der Waals surface area contributed by atoms with Gasteiger partial charge in [0, 0.05) is 23.3 Å². The summed E-state index contributed by atoms with van der Waals surface area (Å²) in [5, 5.41) is 4.23. The topological polar surface area (TPSA) is 38.0 Å². The molecule has 1 saturated carbocycles. The van der Waals surface area contributed by atoms with Crippen LogP contribution >= 0.6 is 11.6 Å². The second-order valence-electron chi connectivity index (χ2n) is 3.86. The first-order valence-corrected chi connectivity index (χ1v) is 5.41. The average molecular weight is 211 g/mol. The molecule has 0 heterocycles. The van der Waals surface area contributed by atoms with E-state index in [1.807, 2.05) is 12.1 Å². The number of rotatable bonds is 3. The minimum atomic E-state index is 0.698. The summed E-state index contributed by atoms with van der Waals surface area (Å²) < 4.78 is 0. The lowest BCUT2D eigenvalue weighted by Crippen LogP contribution is -2.34. The van der Waals surface area contributed by atoms with Gasteiger partial charge in [-0.1, -0.05) is 24.1 Å². The number of hydrogen-bond donors (Lipinski definition) is 2. The highest BCUT2D eigenvalue weighted by molar-refractivity contribution is 6.31. The minimum absolute atomic E-state index is 0.698. The second kappa shape index (κ2) is 4.20. The fourth-order valence-corrected chi connectivity index (χ4v) is 1.83. The van der Waals surface area contributed by atoms with Gasteiger partial charge in [-0.05, 0) is 30.5 Å². The molecular formula is C11H15ClN2. The molecule has 1 aliphatic rings. The Balaban J connectivity index is 1.94. The molecule has 0 aliphatic heterocycles. The normalized spacial score (nSPS) is 16.6. The van der Waals surface area contributed by atoms with E-state index in [0.717, 1.165) is 22.8 Å². The van der Waals surface area contributed by atoms with E-state index in [0.29, 0.717) is 6.04 Å². The molecule has 1 aromatic rings. The molecule has 0 aromatic heterocycles. The Kier molecular flexibility index (Phi) is 2.94. The first-order chi connectivity index (χ1) is 6.75. The van der Waals surface area contributed by atoms with Crippen LogP contribution in [0.5, 0.6) is 0 Å². The van der Waals surface area contributed by atoms with Crippen LogP contribution in [0.15, 0.2) is 18.2 Å². The van der Waals surface area contributed by atoms with Crippen LogP contribution in [0.2, 0.25) is 5.02 Å². The maximum atomic E-state index is 6.05. The predicted octanol–water partition coefficient (Wildman–Crippen LogP) is 2.56. The van der Waals surface area contributed by atoms with Crippen molar-refractivity contribution in [3.8, 4) is 0 Å². The van der Waals surface area contributed by atoms with E-state index < -0.39 is 0 Å². The third-order valence-corrected chi connectivity index (χ3v) is 3.12. The third kappa shape index (κ3) is 2.20. The van der Waals surface area contributed by atoms with E-state index in [4.69, 9.17) is 17.3 Å². The van der Waals surface area contributed by atoms with Crippen molar-refractivity contribution in [1.29, 1.82) is 0 Å². The lowest BCUT2D eigenvalue weighted by Gasteiger charge is -2.26. The summed E-state index contributed by atoms with van der Waals surface area (Å²) >= 11 is 6.05. The molecule has 2 nitrogen and oxygen atoms in total. The highest BCUT2D eigenvalue weighted by atomic mass is 35.5. The molecule has 3 N–H and O–H groups in total. The lowest BCUT2D eigenvalue weighted by atomic mass is 9.93. The van der Waals surface area contributed by atoms with Gasteiger partial charge in [-0.3, -0.25) is 0 Å². The molecular weight excluding hydrogens is 196 g/mol. The summed E-state index contributed by atoms with van der Waals surface area (Å²) in [4.78, 5) is 0. The highest BCUT2D eigenvalue weighted by Crippen LogP contribution is 2.22. The van der Waals surface area contributed by atoms with Gasteiger partial charge in [0.1, 0.15) is 0 Å². The van der Waals surface area contributed by atoms with Gasteiger partial charge >= 0.3 is 0 Å². The summed E-state index contributed by atoms with van der Waals surface area (Å²) in [7, 11) is 0. The summed E-state index contributed by atoms with van der Waals surface area (Å²) in [5.41, 5.74) is 7.47. The average Bonchev–Trinajstić information content (AvgIpc) is 2.05. The predicted molar refractivity (Wildman–Crippen MR) is 60.3 cm³/mol. The summed E-state index contributed by atoms with van der Waals surface area (Å²) in [6.45, 7) is 0.851. The Labute approximate surface area is 89.4 Å². The van der Waals surface area contributed by atoms with Crippen molar-refractivity contribution >= 4 is 17.3 Å². The molecule has 0 unspecified atom stereocenters. The van der Waals surface area contributed by atoms with Gasteiger partial charge in [-0.2, -0.15) is 0 Å². The monoisotopic (exact) mass is 210 g/mol. The Bertz CT molecular complexity index is 321. The zero-order chi connectivity index (χ0) is 9.97. The first kappa shape index (κ1) is 9.81. The molecule has 3 heteroatoms. The molecule has 2 rings (SSSR count).